The topological polar surface area (TPSA) is 45.2 Å². The SMILES string of the molecule is O=C(Nc1ccc(CCN2CCCC2)cc1)c1nccc2ccccc12. The van der Waals surface area contributed by atoms with Crippen LogP contribution >= 0.6 is 0 Å². The Bertz CT molecular complexity index is 893. The zero-order valence-electron chi connectivity index (χ0n) is 14.8. The summed E-state index contributed by atoms with van der Waals surface area (Å²) in [7, 11) is 0. The Labute approximate surface area is 153 Å². The van der Waals surface area contributed by atoms with Crippen LogP contribution in [0.4, 0.5) is 5.69 Å². The van der Waals surface area contributed by atoms with E-state index < -0.39 is 0 Å². The van der Waals surface area contributed by atoms with E-state index in [9.17, 15) is 4.79 Å². The molecule has 1 fully saturated rings. The molecule has 4 heteroatoms. The number of pyridine rings is 1. The zero-order chi connectivity index (χ0) is 17.8. The van der Waals surface area contributed by atoms with Gasteiger partial charge in [-0.3, -0.25) is 9.78 Å². The summed E-state index contributed by atoms with van der Waals surface area (Å²) in [5.41, 5.74) is 2.56. The molecular formula is C22H23N3O. The van der Waals surface area contributed by atoms with Gasteiger partial charge in [-0.25, -0.2) is 0 Å². The van der Waals surface area contributed by atoms with Crippen molar-refractivity contribution < 1.29 is 4.79 Å². The molecule has 0 atom stereocenters. The highest BCUT2D eigenvalue weighted by molar-refractivity contribution is 6.11. The molecule has 1 aliphatic heterocycles. The van der Waals surface area contributed by atoms with E-state index in [-0.39, 0.29) is 5.91 Å². The van der Waals surface area contributed by atoms with Crippen LogP contribution in [0, 0.1) is 0 Å². The van der Waals surface area contributed by atoms with Crippen molar-refractivity contribution in [3.8, 4) is 0 Å². The Morgan fingerprint density at radius 2 is 1.77 bits per heavy atom. The van der Waals surface area contributed by atoms with Crippen LogP contribution in [0.15, 0.2) is 60.8 Å². The van der Waals surface area contributed by atoms with Gasteiger partial charge < -0.3 is 10.2 Å². The third kappa shape index (κ3) is 3.75. The first kappa shape index (κ1) is 16.7. The van der Waals surface area contributed by atoms with Gasteiger partial charge in [-0.05, 0) is 61.5 Å². The van der Waals surface area contributed by atoms with Crippen LogP contribution in [-0.2, 0) is 6.42 Å². The summed E-state index contributed by atoms with van der Waals surface area (Å²) in [6, 6.07) is 17.9. The van der Waals surface area contributed by atoms with Gasteiger partial charge in [0.2, 0.25) is 0 Å². The first-order valence-electron chi connectivity index (χ1n) is 9.26. The molecule has 0 aliphatic carbocycles. The van der Waals surface area contributed by atoms with Crippen molar-refractivity contribution in [2.45, 2.75) is 19.3 Å². The van der Waals surface area contributed by atoms with Gasteiger partial charge in [-0.1, -0.05) is 36.4 Å². The fourth-order valence-corrected chi connectivity index (χ4v) is 3.54. The number of hydrogen-bond acceptors (Lipinski definition) is 3. The van der Waals surface area contributed by atoms with Crippen molar-refractivity contribution in [1.29, 1.82) is 0 Å². The highest BCUT2D eigenvalue weighted by Crippen LogP contribution is 2.18. The fourth-order valence-electron chi connectivity index (χ4n) is 3.54. The first-order chi connectivity index (χ1) is 12.8. The van der Waals surface area contributed by atoms with E-state index in [2.05, 4.69) is 27.3 Å². The van der Waals surface area contributed by atoms with Crippen molar-refractivity contribution in [3.63, 3.8) is 0 Å². The minimum atomic E-state index is -0.174. The summed E-state index contributed by atoms with van der Waals surface area (Å²) in [6.45, 7) is 3.57. The molecule has 1 amide bonds. The number of likely N-dealkylation sites (tertiary alicyclic amines) is 1. The Morgan fingerprint density at radius 3 is 2.58 bits per heavy atom. The van der Waals surface area contributed by atoms with Crippen LogP contribution in [0.5, 0.6) is 0 Å². The lowest BCUT2D eigenvalue weighted by Crippen LogP contribution is -2.21. The number of amides is 1. The number of rotatable bonds is 5. The lowest BCUT2D eigenvalue weighted by atomic mass is 10.1. The summed E-state index contributed by atoms with van der Waals surface area (Å²) in [6.07, 6.45) is 5.39. The van der Waals surface area contributed by atoms with Crippen molar-refractivity contribution >= 4 is 22.4 Å². The third-order valence-corrected chi connectivity index (χ3v) is 5.02. The molecule has 26 heavy (non-hydrogen) atoms. The Morgan fingerprint density at radius 1 is 1.00 bits per heavy atom. The number of hydrogen-bond donors (Lipinski definition) is 1. The van der Waals surface area contributed by atoms with E-state index >= 15 is 0 Å². The summed E-state index contributed by atoms with van der Waals surface area (Å²) in [4.78, 5) is 19.4. The number of anilines is 1. The van der Waals surface area contributed by atoms with Crippen molar-refractivity contribution in [3.05, 3.63) is 72.1 Å². The van der Waals surface area contributed by atoms with Crippen LogP contribution in [0.2, 0.25) is 0 Å². The normalized spacial score (nSPS) is 14.6. The molecule has 0 spiro atoms. The van der Waals surface area contributed by atoms with Gasteiger partial charge in [0.15, 0.2) is 0 Å². The number of benzene rings is 2. The fraction of sp³-hybridized carbons (Fsp3) is 0.273. The summed E-state index contributed by atoms with van der Waals surface area (Å²) < 4.78 is 0. The lowest BCUT2D eigenvalue weighted by molar-refractivity contribution is 0.102. The zero-order valence-corrected chi connectivity index (χ0v) is 14.8. The van der Waals surface area contributed by atoms with E-state index in [4.69, 9.17) is 0 Å². The highest BCUT2D eigenvalue weighted by Gasteiger charge is 2.13. The van der Waals surface area contributed by atoms with Crippen LogP contribution in [0.1, 0.15) is 28.9 Å². The number of nitrogens with zero attached hydrogens (tertiary/aromatic N) is 2. The molecule has 2 aromatic carbocycles. The maximum Gasteiger partial charge on any atom is 0.274 e. The Hall–Kier alpha value is -2.72. The number of nitrogens with one attached hydrogen (secondary N) is 1. The van der Waals surface area contributed by atoms with Crippen LogP contribution in [0.25, 0.3) is 10.8 Å². The molecule has 1 aromatic heterocycles. The maximum absolute atomic E-state index is 12.6. The predicted molar refractivity (Wildman–Crippen MR) is 106 cm³/mol. The molecule has 2 heterocycles. The second-order valence-corrected chi connectivity index (χ2v) is 6.83. The quantitative estimate of drug-likeness (QED) is 0.756. The lowest BCUT2D eigenvalue weighted by Gasteiger charge is -2.14. The minimum Gasteiger partial charge on any atom is -0.321 e. The maximum atomic E-state index is 12.6. The van der Waals surface area contributed by atoms with Crippen molar-refractivity contribution in [1.82, 2.24) is 9.88 Å². The standard InChI is InChI=1S/C22H23N3O/c26-22(21-20-6-2-1-5-18(20)11-13-23-21)24-19-9-7-17(8-10-19)12-16-25-14-3-4-15-25/h1-2,5-11,13H,3-4,12,14-16H2,(H,24,26). The van der Waals surface area contributed by atoms with Crippen molar-refractivity contribution in [2.75, 3.05) is 25.0 Å². The van der Waals surface area contributed by atoms with Gasteiger partial charge in [-0.15, -0.1) is 0 Å². The smallest absolute Gasteiger partial charge is 0.274 e. The molecule has 3 aromatic rings. The molecule has 1 aliphatic rings. The minimum absolute atomic E-state index is 0.174. The molecule has 4 nitrogen and oxygen atoms in total. The second kappa shape index (κ2) is 7.67. The number of carbonyl (C=O) groups is 1. The Balaban J connectivity index is 1.42. The van der Waals surface area contributed by atoms with E-state index in [1.54, 1.807) is 6.20 Å². The molecule has 4 rings (SSSR count). The average molecular weight is 345 g/mol. The summed E-state index contributed by atoms with van der Waals surface area (Å²) in [5, 5.41) is 4.85. The van der Waals surface area contributed by atoms with Gasteiger partial charge in [-0.2, -0.15) is 0 Å². The molecule has 132 valence electrons. The average Bonchev–Trinajstić information content (AvgIpc) is 3.20. The molecule has 0 radical (unpaired) electrons. The Kier molecular flexibility index (Phi) is 4.93. The second-order valence-electron chi connectivity index (χ2n) is 6.83. The highest BCUT2D eigenvalue weighted by atomic mass is 16.1. The van der Waals surface area contributed by atoms with E-state index in [1.807, 2.05) is 42.5 Å². The van der Waals surface area contributed by atoms with Crippen LogP contribution < -0.4 is 5.32 Å². The first-order valence-corrected chi connectivity index (χ1v) is 9.26. The molecule has 0 bridgehead atoms. The largest absolute Gasteiger partial charge is 0.321 e. The molecule has 0 unspecified atom stereocenters. The summed E-state index contributed by atoms with van der Waals surface area (Å²) in [5.74, 6) is -0.174. The van der Waals surface area contributed by atoms with E-state index in [0.717, 1.165) is 29.4 Å². The number of fused-ring (bicyclic) bond motifs is 1. The van der Waals surface area contributed by atoms with Gasteiger partial charge >= 0.3 is 0 Å². The molecule has 0 saturated carbocycles. The van der Waals surface area contributed by atoms with Gasteiger partial charge in [0.25, 0.3) is 5.91 Å². The number of carbonyl (C=O) groups excluding carboxylic acids is 1. The van der Waals surface area contributed by atoms with E-state index in [1.165, 1.54) is 31.5 Å². The number of aromatic nitrogens is 1. The molecule has 1 N–H and O–H groups in total. The van der Waals surface area contributed by atoms with Crippen LogP contribution in [0.3, 0.4) is 0 Å². The van der Waals surface area contributed by atoms with Crippen molar-refractivity contribution in [2.24, 2.45) is 0 Å². The summed E-state index contributed by atoms with van der Waals surface area (Å²) >= 11 is 0. The van der Waals surface area contributed by atoms with Gasteiger partial charge in [0.05, 0.1) is 0 Å². The van der Waals surface area contributed by atoms with Gasteiger partial charge in [0, 0.05) is 23.8 Å². The monoisotopic (exact) mass is 345 g/mol. The third-order valence-electron chi connectivity index (χ3n) is 5.02. The molecule has 1 saturated heterocycles. The van der Waals surface area contributed by atoms with Gasteiger partial charge in [0.1, 0.15) is 5.69 Å². The predicted octanol–water partition coefficient (Wildman–Crippen LogP) is 4.13. The van der Waals surface area contributed by atoms with E-state index in [0.29, 0.717) is 5.69 Å². The molecular weight excluding hydrogens is 322 g/mol. The van der Waals surface area contributed by atoms with Crippen LogP contribution in [-0.4, -0.2) is 35.4 Å².